The summed E-state index contributed by atoms with van der Waals surface area (Å²) in [6, 6.07) is 0. The van der Waals surface area contributed by atoms with Crippen molar-refractivity contribution in [3.63, 3.8) is 0 Å². The van der Waals surface area contributed by atoms with E-state index in [2.05, 4.69) is 4.90 Å². The van der Waals surface area contributed by atoms with E-state index in [0.29, 0.717) is 6.61 Å². The van der Waals surface area contributed by atoms with Crippen molar-refractivity contribution in [3.8, 4) is 0 Å². The molecule has 70 valence electrons. The summed E-state index contributed by atoms with van der Waals surface area (Å²) in [5, 5.41) is 8.82. The number of rotatable bonds is 2. The standard InChI is InChI=1S/C10H19NO/c12-6-5-11-7-9-3-1-2-4-10(9)8-11/h9-10,12H,1-8H2. The number of hydrogen-bond acceptors (Lipinski definition) is 2. The number of likely N-dealkylation sites (tertiary alicyclic amines) is 1. The molecular weight excluding hydrogens is 150 g/mol. The number of β-amino-alcohol motifs (C(OH)–C–C–N with tert-alkyl or cyclic N) is 1. The SMILES string of the molecule is OCCN1CC2CCCCC2C1. The van der Waals surface area contributed by atoms with Crippen molar-refractivity contribution in [1.29, 1.82) is 0 Å². The smallest absolute Gasteiger partial charge is 0.0558 e. The molecule has 0 spiro atoms. The molecule has 1 saturated heterocycles. The van der Waals surface area contributed by atoms with Crippen LogP contribution in [0.25, 0.3) is 0 Å². The van der Waals surface area contributed by atoms with Gasteiger partial charge in [0.25, 0.3) is 0 Å². The number of fused-ring (bicyclic) bond motifs is 1. The van der Waals surface area contributed by atoms with Gasteiger partial charge in [-0.2, -0.15) is 0 Å². The van der Waals surface area contributed by atoms with Gasteiger partial charge in [0.1, 0.15) is 0 Å². The van der Waals surface area contributed by atoms with Crippen LogP contribution in [0.15, 0.2) is 0 Å². The topological polar surface area (TPSA) is 23.5 Å². The first-order valence-corrected chi connectivity index (χ1v) is 5.23. The number of nitrogens with zero attached hydrogens (tertiary/aromatic N) is 1. The quantitative estimate of drug-likeness (QED) is 0.669. The van der Waals surface area contributed by atoms with Crippen LogP contribution < -0.4 is 0 Å². The molecule has 0 aromatic carbocycles. The van der Waals surface area contributed by atoms with Gasteiger partial charge in [-0.15, -0.1) is 0 Å². The molecule has 2 heteroatoms. The Balaban J connectivity index is 1.85. The Labute approximate surface area is 74.6 Å². The molecular formula is C10H19NO. The fraction of sp³-hybridized carbons (Fsp3) is 1.00. The Morgan fingerprint density at radius 3 is 2.17 bits per heavy atom. The summed E-state index contributed by atoms with van der Waals surface area (Å²) in [7, 11) is 0. The molecule has 1 aliphatic carbocycles. The van der Waals surface area contributed by atoms with Crippen LogP contribution in [-0.4, -0.2) is 36.2 Å². The van der Waals surface area contributed by atoms with Gasteiger partial charge in [-0.05, 0) is 24.7 Å². The van der Waals surface area contributed by atoms with E-state index in [4.69, 9.17) is 5.11 Å². The Hall–Kier alpha value is -0.0800. The molecule has 2 nitrogen and oxygen atoms in total. The lowest BCUT2D eigenvalue weighted by atomic mass is 9.82. The predicted molar refractivity (Wildman–Crippen MR) is 49.0 cm³/mol. The van der Waals surface area contributed by atoms with E-state index < -0.39 is 0 Å². The molecule has 2 unspecified atom stereocenters. The maximum absolute atomic E-state index is 8.82. The molecule has 1 saturated carbocycles. The minimum absolute atomic E-state index is 0.333. The highest BCUT2D eigenvalue weighted by atomic mass is 16.3. The van der Waals surface area contributed by atoms with Crippen LogP contribution in [0.1, 0.15) is 25.7 Å². The summed E-state index contributed by atoms with van der Waals surface area (Å²) >= 11 is 0. The van der Waals surface area contributed by atoms with Gasteiger partial charge in [0.15, 0.2) is 0 Å². The third-order valence-corrected chi connectivity index (χ3v) is 3.47. The molecule has 12 heavy (non-hydrogen) atoms. The molecule has 0 amide bonds. The van der Waals surface area contributed by atoms with Gasteiger partial charge >= 0.3 is 0 Å². The van der Waals surface area contributed by atoms with Crippen molar-refractivity contribution in [2.24, 2.45) is 11.8 Å². The molecule has 1 heterocycles. The van der Waals surface area contributed by atoms with E-state index >= 15 is 0 Å². The molecule has 0 radical (unpaired) electrons. The minimum atomic E-state index is 0.333. The fourth-order valence-electron chi connectivity index (χ4n) is 2.83. The average Bonchev–Trinajstić information content (AvgIpc) is 2.47. The van der Waals surface area contributed by atoms with Crippen LogP contribution in [0.5, 0.6) is 0 Å². The van der Waals surface area contributed by atoms with Crippen molar-refractivity contribution < 1.29 is 5.11 Å². The lowest BCUT2D eigenvalue weighted by Crippen LogP contribution is -2.24. The van der Waals surface area contributed by atoms with E-state index in [-0.39, 0.29) is 0 Å². The van der Waals surface area contributed by atoms with Crippen LogP contribution >= 0.6 is 0 Å². The van der Waals surface area contributed by atoms with Gasteiger partial charge in [0.2, 0.25) is 0 Å². The average molecular weight is 169 g/mol. The highest BCUT2D eigenvalue weighted by Gasteiger charge is 2.33. The Bertz CT molecular complexity index is 135. The Kier molecular flexibility index (Phi) is 2.66. The third-order valence-electron chi connectivity index (χ3n) is 3.47. The first-order valence-electron chi connectivity index (χ1n) is 5.23. The summed E-state index contributed by atoms with van der Waals surface area (Å²) in [6.45, 7) is 3.74. The zero-order valence-electron chi connectivity index (χ0n) is 7.71. The Morgan fingerprint density at radius 2 is 1.67 bits per heavy atom. The third kappa shape index (κ3) is 1.64. The fourth-order valence-corrected chi connectivity index (χ4v) is 2.83. The summed E-state index contributed by atoms with van der Waals surface area (Å²) in [5.41, 5.74) is 0. The second-order valence-corrected chi connectivity index (χ2v) is 4.29. The maximum Gasteiger partial charge on any atom is 0.0558 e. The van der Waals surface area contributed by atoms with Crippen LogP contribution in [0, 0.1) is 11.8 Å². The monoisotopic (exact) mass is 169 g/mol. The van der Waals surface area contributed by atoms with Crippen molar-refractivity contribution in [3.05, 3.63) is 0 Å². The van der Waals surface area contributed by atoms with Gasteiger partial charge in [0.05, 0.1) is 6.61 Å². The van der Waals surface area contributed by atoms with Crippen LogP contribution in [0.2, 0.25) is 0 Å². The molecule has 2 aliphatic rings. The van der Waals surface area contributed by atoms with Gasteiger partial charge in [-0.1, -0.05) is 12.8 Å². The molecule has 1 N–H and O–H groups in total. The normalized spacial score (nSPS) is 36.8. The van der Waals surface area contributed by atoms with Crippen LogP contribution in [0.3, 0.4) is 0 Å². The van der Waals surface area contributed by atoms with Gasteiger partial charge in [-0.3, -0.25) is 0 Å². The maximum atomic E-state index is 8.82. The second-order valence-electron chi connectivity index (χ2n) is 4.29. The molecule has 2 atom stereocenters. The molecule has 0 bridgehead atoms. The first kappa shape index (κ1) is 8.52. The largest absolute Gasteiger partial charge is 0.395 e. The van der Waals surface area contributed by atoms with Crippen molar-refractivity contribution >= 4 is 0 Å². The molecule has 2 fully saturated rings. The summed E-state index contributed by atoms with van der Waals surface area (Å²) in [5.74, 6) is 1.93. The van der Waals surface area contributed by atoms with Crippen molar-refractivity contribution in [2.45, 2.75) is 25.7 Å². The zero-order chi connectivity index (χ0) is 8.39. The van der Waals surface area contributed by atoms with Crippen LogP contribution in [0.4, 0.5) is 0 Å². The highest BCUT2D eigenvalue weighted by molar-refractivity contribution is 4.86. The first-order chi connectivity index (χ1) is 5.90. The number of hydrogen-bond donors (Lipinski definition) is 1. The molecule has 0 aromatic rings. The summed E-state index contributed by atoms with van der Waals surface area (Å²) in [4.78, 5) is 2.43. The zero-order valence-corrected chi connectivity index (χ0v) is 7.71. The van der Waals surface area contributed by atoms with Gasteiger partial charge in [-0.25, -0.2) is 0 Å². The molecule has 1 aliphatic heterocycles. The van der Waals surface area contributed by atoms with Crippen LogP contribution in [-0.2, 0) is 0 Å². The van der Waals surface area contributed by atoms with Crippen molar-refractivity contribution in [2.75, 3.05) is 26.2 Å². The van der Waals surface area contributed by atoms with E-state index in [9.17, 15) is 0 Å². The van der Waals surface area contributed by atoms with E-state index in [1.54, 1.807) is 0 Å². The van der Waals surface area contributed by atoms with Gasteiger partial charge < -0.3 is 10.0 Å². The number of aliphatic hydroxyl groups is 1. The lowest BCUT2D eigenvalue weighted by molar-refractivity contribution is 0.215. The lowest BCUT2D eigenvalue weighted by Gasteiger charge is -2.23. The summed E-state index contributed by atoms with van der Waals surface area (Å²) in [6.07, 6.45) is 5.75. The molecule has 2 rings (SSSR count). The Morgan fingerprint density at radius 1 is 1.08 bits per heavy atom. The second kappa shape index (κ2) is 3.75. The van der Waals surface area contributed by atoms with E-state index in [0.717, 1.165) is 18.4 Å². The molecule has 0 aromatic heterocycles. The van der Waals surface area contributed by atoms with Gasteiger partial charge in [0, 0.05) is 19.6 Å². The number of aliphatic hydroxyl groups excluding tert-OH is 1. The highest BCUT2D eigenvalue weighted by Crippen LogP contribution is 2.35. The minimum Gasteiger partial charge on any atom is -0.395 e. The predicted octanol–water partition coefficient (Wildman–Crippen LogP) is 1.10. The van der Waals surface area contributed by atoms with E-state index in [1.807, 2.05) is 0 Å². The summed E-state index contributed by atoms with van der Waals surface area (Å²) < 4.78 is 0. The van der Waals surface area contributed by atoms with Crippen molar-refractivity contribution in [1.82, 2.24) is 4.90 Å². The van der Waals surface area contributed by atoms with E-state index in [1.165, 1.54) is 38.8 Å².